The number of carbonyl (C=O) groups excluding carboxylic acids is 1. The van der Waals surface area contributed by atoms with Crippen LogP contribution in [0.25, 0.3) is 0 Å². The van der Waals surface area contributed by atoms with Crippen LogP contribution in [0.2, 0.25) is 0 Å². The summed E-state index contributed by atoms with van der Waals surface area (Å²) in [6.45, 7) is 1.97. The van der Waals surface area contributed by atoms with Crippen LogP contribution in [0.1, 0.15) is 31.4 Å². The van der Waals surface area contributed by atoms with Crippen LogP contribution >= 0.6 is 11.8 Å². The molecule has 0 aromatic carbocycles. The summed E-state index contributed by atoms with van der Waals surface area (Å²) in [5, 5.41) is 0.465. The van der Waals surface area contributed by atoms with Crippen molar-refractivity contribution in [1.29, 1.82) is 0 Å². The quantitative estimate of drug-likeness (QED) is 0.751. The molecule has 0 saturated heterocycles. The van der Waals surface area contributed by atoms with Crippen molar-refractivity contribution >= 4 is 17.5 Å². The van der Waals surface area contributed by atoms with E-state index in [2.05, 4.69) is 0 Å². The second-order valence-electron chi connectivity index (χ2n) is 3.72. The van der Waals surface area contributed by atoms with Crippen molar-refractivity contribution in [2.45, 2.75) is 42.8 Å². The first-order valence-electron chi connectivity index (χ1n) is 4.98. The molecule has 0 aliphatic heterocycles. The highest BCUT2D eigenvalue weighted by molar-refractivity contribution is 8.00. The summed E-state index contributed by atoms with van der Waals surface area (Å²) in [5.74, 6) is 1.38. The van der Waals surface area contributed by atoms with Gasteiger partial charge in [-0.05, 0) is 25.8 Å². The van der Waals surface area contributed by atoms with Crippen LogP contribution < -0.4 is 0 Å². The lowest BCUT2D eigenvalue weighted by molar-refractivity contribution is -0.120. The lowest BCUT2D eigenvalue weighted by Gasteiger charge is -2.19. The molecule has 1 saturated carbocycles. The van der Waals surface area contributed by atoms with Gasteiger partial charge in [0.15, 0.2) is 0 Å². The largest absolute Gasteiger partial charge is 0.468 e. The van der Waals surface area contributed by atoms with Crippen LogP contribution in [0.3, 0.4) is 0 Å². The molecule has 0 radical (unpaired) electrons. The molecule has 1 aliphatic carbocycles. The summed E-state index contributed by atoms with van der Waals surface area (Å²) < 4.78 is 5.23. The summed E-state index contributed by atoms with van der Waals surface area (Å²) >= 11 is 1.79. The monoisotopic (exact) mass is 210 g/mol. The number of carbonyl (C=O) groups is 1. The normalized spacial score (nSPS) is 22.6. The van der Waals surface area contributed by atoms with Gasteiger partial charge in [0, 0.05) is 23.0 Å². The number of hydrogen-bond donors (Lipinski definition) is 0. The molecule has 0 spiro atoms. The molecule has 0 N–H and O–H groups in total. The van der Waals surface area contributed by atoms with Gasteiger partial charge < -0.3 is 4.42 Å². The zero-order chi connectivity index (χ0) is 9.97. The summed E-state index contributed by atoms with van der Waals surface area (Å²) in [4.78, 5) is 12.4. The minimum Gasteiger partial charge on any atom is -0.468 e. The SMILES string of the molecule is Cc1occc1SC1CCCC(=O)C1. The maximum atomic E-state index is 11.3. The van der Waals surface area contributed by atoms with Crippen molar-refractivity contribution in [3.05, 3.63) is 18.1 Å². The summed E-state index contributed by atoms with van der Waals surface area (Å²) in [5.41, 5.74) is 0. The first-order chi connectivity index (χ1) is 6.75. The van der Waals surface area contributed by atoms with Crippen LogP contribution in [0.15, 0.2) is 21.6 Å². The topological polar surface area (TPSA) is 30.2 Å². The Morgan fingerprint density at radius 2 is 2.43 bits per heavy atom. The molecule has 1 aromatic heterocycles. The van der Waals surface area contributed by atoms with E-state index >= 15 is 0 Å². The fourth-order valence-electron chi connectivity index (χ4n) is 1.76. The number of hydrogen-bond acceptors (Lipinski definition) is 3. The predicted octanol–water partition coefficient (Wildman–Crippen LogP) is 3.19. The molecule has 1 atom stereocenters. The second kappa shape index (κ2) is 4.22. The van der Waals surface area contributed by atoms with Gasteiger partial charge in [0.25, 0.3) is 0 Å². The number of Topliss-reactive ketones (excluding diaryl/α,β-unsaturated/α-hetero) is 1. The minimum absolute atomic E-state index is 0.412. The standard InChI is InChI=1S/C11H14O2S/c1-8-11(5-6-13-8)14-10-4-2-3-9(12)7-10/h5-6,10H,2-4,7H2,1H3. The van der Waals surface area contributed by atoms with Crippen molar-refractivity contribution in [3.63, 3.8) is 0 Å². The van der Waals surface area contributed by atoms with Gasteiger partial charge in [-0.15, -0.1) is 11.8 Å². The van der Waals surface area contributed by atoms with E-state index in [0.29, 0.717) is 11.0 Å². The Kier molecular flexibility index (Phi) is 2.96. The van der Waals surface area contributed by atoms with Crippen molar-refractivity contribution in [2.24, 2.45) is 0 Å². The average Bonchev–Trinajstić information content (AvgIpc) is 2.52. The zero-order valence-electron chi connectivity index (χ0n) is 8.29. The van der Waals surface area contributed by atoms with E-state index in [1.54, 1.807) is 18.0 Å². The molecule has 0 amide bonds. The van der Waals surface area contributed by atoms with E-state index in [4.69, 9.17) is 4.42 Å². The van der Waals surface area contributed by atoms with Crippen LogP contribution in [0.4, 0.5) is 0 Å². The number of ketones is 1. The number of aryl methyl sites for hydroxylation is 1. The Morgan fingerprint density at radius 1 is 1.57 bits per heavy atom. The molecule has 2 rings (SSSR count). The zero-order valence-corrected chi connectivity index (χ0v) is 9.10. The molecule has 3 heteroatoms. The van der Waals surface area contributed by atoms with Gasteiger partial charge in [0.2, 0.25) is 0 Å². The van der Waals surface area contributed by atoms with E-state index in [0.717, 1.165) is 31.4 Å². The van der Waals surface area contributed by atoms with Gasteiger partial charge in [0.1, 0.15) is 11.5 Å². The lowest BCUT2D eigenvalue weighted by Crippen LogP contribution is -2.16. The van der Waals surface area contributed by atoms with Crippen LogP contribution in [0.5, 0.6) is 0 Å². The van der Waals surface area contributed by atoms with Gasteiger partial charge in [0.05, 0.1) is 6.26 Å². The van der Waals surface area contributed by atoms with Crippen molar-refractivity contribution in [2.75, 3.05) is 0 Å². The number of thioether (sulfide) groups is 1. The van der Waals surface area contributed by atoms with E-state index in [9.17, 15) is 4.79 Å². The van der Waals surface area contributed by atoms with E-state index < -0.39 is 0 Å². The highest BCUT2D eigenvalue weighted by Gasteiger charge is 2.21. The Labute approximate surface area is 88.1 Å². The Hall–Kier alpha value is -0.700. The van der Waals surface area contributed by atoms with Gasteiger partial charge in [-0.2, -0.15) is 0 Å². The maximum absolute atomic E-state index is 11.3. The molecular formula is C11H14O2S. The number of furan rings is 1. The van der Waals surface area contributed by atoms with Gasteiger partial charge in [-0.25, -0.2) is 0 Å². The fraction of sp³-hybridized carbons (Fsp3) is 0.545. The molecule has 1 aromatic rings. The third kappa shape index (κ3) is 2.21. The smallest absolute Gasteiger partial charge is 0.134 e. The molecular weight excluding hydrogens is 196 g/mol. The van der Waals surface area contributed by atoms with Crippen molar-refractivity contribution < 1.29 is 9.21 Å². The molecule has 2 nitrogen and oxygen atoms in total. The third-order valence-corrected chi connectivity index (χ3v) is 3.96. The van der Waals surface area contributed by atoms with Crippen molar-refractivity contribution in [1.82, 2.24) is 0 Å². The van der Waals surface area contributed by atoms with E-state index in [1.807, 2.05) is 13.0 Å². The Morgan fingerprint density at radius 3 is 3.07 bits per heavy atom. The van der Waals surface area contributed by atoms with Crippen molar-refractivity contribution in [3.8, 4) is 0 Å². The molecule has 1 unspecified atom stereocenters. The first kappa shape index (κ1) is 9.84. The minimum atomic E-state index is 0.412. The lowest BCUT2D eigenvalue weighted by atomic mass is 9.99. The maximum Gasteiger partial charge on any atom is 0.134 e. The van der Waals surface area contributed by atoms with Gasteiger partial charge in [-0.3, -0.25) is 4.79 Å². The van der Waals surface area contributed by atoms with E-state index in [1.165, 1.54) is 4.90 Å². The Balaban J connectivity index is 1.97. The molecule has 1 fully saturated rings. The summed E-state index contributed by atoms with van der Waals surface area (Å²) in [6.07, 6.45) is 5.42. The summed E-state index contributed by atoms with van der Waals surface area (Å²) in [6, 6.07) is 1.99. The predicted molar refractivity (Wildman–Crippen MR) is 56.6 cm³/mol. The van der Waals surface area contributed by atoms with Crippen LogP contribution in [-0.4, -0.2) is 11.0 Å². The number of rotatable bonds is 2. The van der Waals surface area contributed by atoms with Crippen LogP contribution in [-0.2, 0) is 4.79 Å². The molecule has 0 bridgehead atoms. The molecule has 1 aliphatic rings. The molecule has 14 heavy (non-hydrogen) atoms. The molecule has 1 heterocycles. The highest BCUT2D eigenvalue weighted by Crippen LogP contribution is 2.34. The van der Waals surface area contributed by atoms with E-state index in [-0.39, 0.29) is 0 Å². The van der Waals surface area contributed by atoms with Crippen LogP contribution in [0, 0.1) is 6.92 Å². The Bertz CT molecular complexity index is 330. The summed E-state index contributed by atoms with van der Waals surface area (Å²) in [7, 11) is 0. The average molecular weight is 210 g/mol. The second-order valence-corrected chi connectivity index (χ2v) is 5.06. The first-order valence-corrected chi connectivity index (χ1v) is 5.86. The molecule has 76 valence electrons. The highest BCUT2D eigenvalue weighted by atomic mass is 32.2. The van der Waals surface area contributed by atoms with Gasteiger partial charge >= 0.3 is 0 Å². The third-order valence-electron chi connectivity index (χ3n) is 2.54. The fourth-order valence-corrected chi connectivity index (χ4v) is 3.02. The van der Waals surface area contributed by atoms with Gasteiger partial charge in [-0.1, -0.05) is 0 Å².